The van der Waals surface area contributed by atoms with Gasteiger partial charge in [0, 0.05) is 18.0 Å². The molecule has 1 N–H and O–H groups in total. The van der Waals surface area contributed by atoms with E-state index in [4.69, 9.17) is 0 Å². The first kappa shape index (κ1) is 10.1. The third kappa shape index (κ3) is 1.84. The van der Waals surface area contributed by atoms with Crippen molar-refractivity contribution in [2.24, 2.45) is 0 Å². The lowest BCUT2D eigenvalue weighted by atomic mass is 9.75. The van der Waals surface area contributed by atoms with Crippen molar-refractivity contribution in [2.75, 3.05) is 0 Å². The lowest BCUT2D eigenvalue weighted by Gasteiger charge is -2.36. The second-order valence-corrected chi connectivity index (χ2v) is 3.74. The number of rotatable bonds is 3. The van der Waals surface area contributed by atoms with Gasteiger partial charge < -0.3 is 5.32 Å². The van der Waals surface area contributed by atoms with Crippen molar-refractivity contribution in [1.29, 1.82) is 0 Å². The predicted molar refractivity (Wildman–Crippen MR) is 51.3 cm³/mol. The van der Waals surface area contributed by atoms with Crippen LogP contribution in [0.1, 0.15) is 24.3 Å². The molecule has 15 heavy (non-hydrogen) atoms. The number of carbonyl (C=O) groups excluding carboxylic acids is 1. The van der Waals surface area contributed by atoms with Gasteiger partial charge in [0.1, 0.15) is 11.6 Å². The minimum absolute atomic E-state index is 0.0116. The third-order valence-corrected chi connectivity index (χ3v) is 2.92. The van der Waals surface area contributed by atoms with Gasteiger partial charge in [0.15, 0.2) is 0 Å². The van der Waals surface area contributed by atoms with Crippen molar-refractivity contribution in [3.63, 3.8) is 0 Å². The Bertz CT molecular complexity index is 381. The highest BCUT2D eigenvalue weighted by atomic mass is 19.1. The number of halogens is 2. The number of nitrogens with one attached hydrogen (secondary N) is 1. The summed E-state index contributed by atoms with van der Waals surface area (Å²) in [6, 6.07) is 3.57. The van der Waals surface area contributed by atoms with Crippen LogP contribution in [-0.2, 0) is 4.79 Å². The molecule has 2 atom stereocenters. The minimum Gasteiger partial charge on any atom is -0.355 e. The molecule has 2 unspecified atom stereocenters. The lowest BCUT2D eigenvalue weighted by molar-refractivity contribution is -0.110. The molecule has 2 rings (SSSR count). The van der Waals surface area contributed by atoms with Crippen LogP contribution >= 0.6 is 0 Å². The van der Waals surface area contributed by atoms with Crippen LogP contribution < -0.4 is 5.32 Å². The first-order valence-corrected chi connectivity index (χ1v) is 4.87. The van der Waals surface area contributed by atoms with Crippen LogP contribution in [0.5, 0.6) is 0 Å². The highest BCUT2D eigenvalue weighted by Crippen LogP contribution is 2.37. The van der Waals surface area contributed by atoms with E-state index in [2.05, 4.69) is 5.32 Å². The SMILES string of the molecule is O=CNC1CCC1c1ccc(F)cc1F. The maximum atomic E-state index is 13.4. The van der Waals surface area contributed by atoms with Crippen LogP contribution in [-0.4, -0.2) is 12.5 Å². The Hall–Kier alpha value is -1.45. The normalized spacial score (nSPS) is 24.4. The van der Waals surface area contributed by atoms with E-state index in [1.807, 2.05) is 0 Å². The maximum Gasteiger partial charge on any atom is 0.207 e. The topological polar surface area (TPSA) is 29.1 Å². The molecular weight excluding hydrogens is 200 g/mol. The molecule has 1 aliphatic rings. The Morgan fingerprint density at radius 1 is 1.33 bits per heavy atom. The Labute approximate surface area is 86.3 Å². The van der Waals surface area contributed by atoms with Gasteiger partial charge in [0.25, 0.3) is 0 Å². The van der Waals surface area contributed by atoms with E-state index in [0.29, 0.717) is 12.0 Å². The number of hydrogen-bond donors (Lipinski definition) is 1. The van der Waals surface area contributed by atoms with Crippen LogP contribution in [0.3, 0.4) is 0 Å². The second kappa shape index (κ2) is 3.96. The highest BCUT2D eigenvalue weighted by molar-refractivity contribution is 5.48. The molecule has 0 spiro atoms. The van der Waals surface area contributed by atoms with Gasteiger partial charge in [-0.15, -0.1) is 0 Å². The molecule has 1 saturated carbocycles. The van der Waals surface area contributed by atoms with E-state index < -0.39 is 11.6 Å². The molecule has 0 saturated heterocycles. The zero-order chi connectivity index (χ0) is 10.8. The highest BCUT2D eigenvalue weighted by Gasteiger charge is 2.33. The summed E-state index contributed by atoms with van der Waals surface area (Å²) in [7, 11) is 0. The molecule has 0 aliphatic heterocycles. The zero-order valence-corrected chi connectivity index (χ0v) is 8.04. The van der Waals surface area contributed by atoms with Crippen molar-refractivity contribution in [1.82, 2.24) is 5.32 Å². The van der Waals surface area contributed by atoms with Crippen molar-refractivity contribution in [3.8, 4) is 0 Å². The summed E-state index contributed by atoms with van der Waals surface area (Å²) in [5.41, 5.74) is 0.488. The van der Waals surface area contributed by atoms with Gasteiger partial charge in [0.2, 0.25) is 6.41 Å². The van der Waals surface area contributed by atoms with Gasteiger partial charge in [-0.1, -0.05) is 6.07 Å². The lowest BCUT2D eigenvalue weighted by Crippen LogP contribution is -2.41. The fourth-order valence-corrected chi connectivity index (χ4v) is 1.96. The quantitative estimate of drug-likeness (QED) is 0.761. The Kier molecular flexibility index (Phi) is 2.66. The van der Waals surface area contributed by atoms with Crippen LogP contribution in [0.4, 0.5) is 8.78 Å². The fraction of sp³-hybridized carbons (Fsp3) is 0.364. The van der Waals surface area contributed by atoms with E-state index in [1.165, 1.54) is 12.1 Å². The zero-order valence-electron chi connectivity index (χ0n) is 8.04. The van der Waals surface area contributed by atoms with Crippen LogP contribution in [0.15, 0.2) is 18.2 Å². The van der Waals surface area contributed by atoms with Gasteiger partial charge >= 0.3 is 0 Å². The van der Waals surface area contributed by atoms with Crippen LogP contribution in [0.2, 0.25) is 0 Å². The summed E-state index contributed by atoms with van der Waals surface area (Å²) in [6.07, 6.45) is 2.30. The minimum atomic E-state index is -0.574. The summed E-state index contributed by atoms with van der Waals surface area (Å²) < 4.78 is 26.0. The number of amides is 1. The van der Waals surface area contributed by atoms with Crippen LogP contribution in [0, 0.1) is 11.6 Å². The van der Waals surface area contributed by atoms with E-state index in [-0.39, 0.29) is 12.0 Å². The Morgan fingerprint density at radius 2 is 2.13 bits per heavy atom. The van der Waals surface area contributed by atoms with E-state index in [9.17, 15) is 13.6 Å². The molecule has 4 heteroatoms. The molecule has 1 fully saturated rings. The molecule has 80 valence electrons. The monoisotopic (exact) mass is 211 g/mol. The van der Waals surface area contributed by atoms with Crippen molar-refractivity contribution in [2.45, 2.75) is 24.8 Å². The first-order valence-electron chi connectivity index (χ1n) is 4.87. The molecular formula is C11H11F2NO. The van der Waals surface area contributed by atoms with Crippen LogP contribution in [0.25, 0.3) is 0 Å². The summed E-state index contributed by atoms with van der Waals surface area (Å²) >= 11 is 0. The average molecular weight is 211 g/mol. The largest absolute Gasteiger partial charge is 0.355 e. The molecule has 0 bridgehead atoms. The van der Waals surface area contributed by atoms with Crippen molar-refractivity contribution < 1.29 is 13.6 Å². The second-order valence-electron chi connectivity index (χ2n) is 3.74. The predicted octanol–water partition coefficient (Wildman–Crippen LogP) is 1.96. The third-order valence-electron chi connectivity index (χ3n) is 2.92. The van der Waals surface area contributed by atoms with Crippen molar-refractivity contribution >= 4 is 6.41 Å². The summed E-state index contributed by atoms with van der Waals surface area (Å²) in [6.45, 7) is 0. The molecule has 0 heterocycles. The number of benzene rings is 1. The first-order chi connectivity index (χ1) is 7.22. The van der Waals surface area contributed by atoms with Gasteiger partial charge in [0.05, 0.1) is 0 Å². The number of hydrogen-bond acceptors (Lipinski definition) is 1. The van der Waals surface area contributed by atoms with Gasteiger partial charge in [-0.2, -0.15) is 0 Å². The summed E-state index contributed by atoms with van der Waals surface area (Å²) in [5.74, 6) is -1.12. The molecule has 1 aromatic rings. The van der Waals surface area contributed by atoms with E-state index in [0.717, 1.165) is 18.9 Å². The average Bonchev–Trinajstić information content (AvgIpc) is 2.17. The maximum absolute atomic E-state index is 13.4. The van der Waals surface area contributed by atoms with Gasteiger partial charge in [-0.25, -0.2) is 8.78 Å². The standard InChI is InChI=1S/C11H11F2NO/c12-7-1-2-8(10(13)5-7)9-3-4-11(9)14-6-15/h1-2,5-6,9,11H,3-4H2,(H,14,15). The van der Waals surface area contributed by atoms with Gasteiger partial charge in [-0.3, -0.25) is 4.79 Å². The molecule has 2 nitrogen and oxygen atoms in total. The van der Waals surface area contributed by atoms with E-state index >= 15 is 0 Å². The molecule has 0 aromatic heterocycles. The summed E-state index contributed by atoms with van der Waals surface area (Å²) in [5, 5.41) is 2.63. The van der Waals surface area contributed by atoms with E-state index in [1.54, 1.807) is 0 Å². The fourth-order valence-electron chi connectivity index (χ4n) is 1.96. The van der Waals surface area contributed by atoms with Gasteiger partial charge in [-0.05, 0) is 24.5 Å². The Morgan fingerprint density at radius 3 is 2.67 bits per heavy atom. The molecule has 1 amide bonds. The summed E-state index contributed by atoms with van der Waals surface area (Å²) in [4.78, 5) is 10.3. The molecule has 1 aliphatic carbocycles. The molecule has 0 radical (unpaired) electrons. The smallest absolute Gasteiger partial charge is 0.207 e. The molecule has 1 aromatic carbocycles. The Balaban J connectivity index is 2.19. The van der Waals surface area contributed by atoms with Crippen molar-refractivity contribution in [3.05, 3.63) is 35.4 Å². The number of carbonyl (C=O) groups is 1.